The van der Waals surface area contributed by atoms with E-state index in [0.29, 0.717) is 21.6 Å². The van der Waals surface area contributed by atoms with Crippen LogP contribution in [0.1, 0.15) is 21.5 Å². The number of benzene rings is 2. The maximum Gasteiger partial charge on any atom is 0.261 e. The quantitative estimate of drug-likeness (QED) is 0.746. The fourth-order valence-electron chi connectivity index (χ4n) is 2.44. The average molecular weight is 327 g/mol. The second-order valence-corrected chi connectivity index (χ2v) is 5.86. The van der Waals surface area contributed by atoms with Crippen molar-refractivity contribution in [2.75, 3.05) is 5.32 Å². The number of hydrogen-bond acceptors (Lipinski definition) is 2. The van der Waals surface area contributed by atoms with Crippen LogP contribution in [0.15, 0.2) is 47.4 Å². The first kappa shape index (κ1) is 15.3. The van der Waals surface area contributed by atoms with Gasteiger partial charge < -0.3 is 10.3 Å². The van der Waals surface area contributed by atoms with Gasteiger partial charge in [0.2, 0.25) is 5.43 Å². The summed E-state index contributed by atoms with van der Waals surface area (Å²) >= 11 is 5.94. The van der Waals surface area contributed by atoms with E-state index in [9.17, 15) is 9.59 Å². The van der Waals surface area contributed by atoms with Crippen LogP contribution < -0.4 is 10.7 Å². The number of rotatable bonds is 2. The fourth-order valence-corrected chi connectivity index (χ4v) is 2.61. The molecule has 0 unspecified atom stereocenters. The molecule has 0 bridgehead atoms. The lowest BCUT2D eigenvalue weighted by atomic mass is 10.1. The van der Waals surface area contributed by atoms with Crippen LogP contribution in [0.3, 0.4) is 0 Å². The minimum absolute atomic E-state index is 0.0562. The Morgan fingerprint density at radius 1 is 1.17 bits per heavy atom. The van der Waals surface area contributed by atoms with E-state index in [2.05, 4.69) is 10.3 Å². The van der Waals surface area contributed by atoms with E-state index in [0.717, 1.165) is 11.1 Å². The number of aromatic amines is 1. The number of nitrogens with one attached hydrogen (secondary N) is 2. The van der Waals surface area contributed by atoms with Gasteiger partial charge in [-0.1, -0.05) is 23.7 Å². The Hall–Kier alpha value is -2.59. The Morgan fingerprint density at radius 2 is 1.96 bits per heavy atom. The zero-order valence-corrected chi connectivity index (χ0v) is 13.5. The molecule has 5 heteroatoms. The number of aryl methyl sites for hydroxylation is 1. The van der Waals surface area contributed by atoms with Crippen molar-refractivity contribution in [3.8, 4) is 0 Å². The molecule has 0 spiro atoms. The summed E-state index contributed by atoms with van der Waals surface area (Å²) in [6.07, 6.45) is 1.43. The van der Waals surface area contributed by atoms with Crippen molar-refractivity contribution >= 4 is 34.1 Å². The number of pyridine rings is 1. The minimum Gasteiger partial charge on any atom is -0.360 e. The molecule has 23 heavy (non-hydrogen) atoms. The Bertz CT molecular complexity index is 976. The van der Waals surface area contributed by atoms with Gasteiger partial charge in [0.15, 0.2) is 0 Å². The van der Waals surface area contributed by atoms with Crippen molar-refractivity contribution < 1.29 is 4.79 Å². The van der Waals surface area contributed by atoms with Gasteiger partial charge >= 0.3 is 0 Å². The van der Waals surface area contributed by atoms with Crippen molar-refractivity contribution in [2.45, 2.75) is 13.8 Å². The standard InChI is InChI=1S/C18H15ClN2O2/c1-10-4-3-5-15(11(10)2)21-18(23)14-9-20-16-7-6-12(19)8-13(16)17(14)22/h3-9H,1-2H3,(H,20,22)(H,21,23). The lowest BCUT2D eigenvalue weighted by molar-refractivity contribution is 0.102. The molecule has 1 aromatic heterocycles. The van der Waals surface area contributed by atoms with Crippen LogP contribution >= 0.6 is 11.6 Å². The molecule has 1 amide bonds. The zero-order chi connectivity index (χ0) is 16.6. The summed E-state index contributed by atoms with van der Waals surface area (Å²) in [5.74, 6) is -0.443. The average Bonchev–Trinajstić information content (AvgIpc) is 2.52. The van der Waals surface area contributed by atoms with Gasteiger partial charge in [-0.05, 0) is 49.2 Å². The zero-order valence-electron chi connectivity index (χ0n) is 12.7. The molecular formula is C18H15ClN2O2. The van der Waals surface area contributed by atoms with Gasteiger partial charge in [-0.15, -0.1) is 0 Å². The van der Waals surface area contributed by atoms with E-state index < -0.39 is 5.91 Å². The molecule has 0 atom stereocenters. The van der Waals surface area contributed by atoms with Crippen molar-refractivity contribution in [1.29, 1.82) is 0 Å². The van der Waals surface area contributed by atoms with E-state index in [1.54, 1.807) is 18.2 Å². The summed E-state index contributed by atoms with van der Waals surface area (Å²) in [6.45, 7) is 3.89. The molecule has 0 aliphatic rings. The maximum absolute atomic E-state index is 12.5. The largest absolute Gasteiger partial charge is 0.360 e. The third-order valence-electron chi connectivity index (χ3n) is 3.94. The molecule has 0 saturated heterocycles. The van der Waals surface area contributed by atoms with Crippen molar-refractivity contribution in [2.24, 2.45) is 0 Å². The highest BCUT2D eigenvalue weighted by atomic mass is 35.5. The number of fused-ring (bicyclic) bond motifs is 1. The number of halogens is 1. The van der Waals surface area contributed by atoms with Crippen LogP contribution in [0.5, 0.6) is 0 Å². The first-order chi connectivity index (χ1) is 11.0. The highest BCUT2D eigenvalue weighted by Gasteiger charge is 2.14. The molecule has 116 valence electrons. The Balaban J connectivity index is 2.03. The lowest BCUT2D eigenvalue weighted by Crippen LogP contribution is -2.22. The number of aromatic nitrogens is 1. The van der Waals surface area contributed by atoms with Crippen LogP contribution in [0.4, 0.5) is 5.69 Å². The summed E-state index contributed by atoms with van der Waals surface area (Å²) < 4.78 is 0. The van der Waals surface area contributed by atoms with E-state index >= 15 is 0 Å². The third-order valence-corrected chi connectivity index (χ3v) is 4.18. The molecule has 0 fully saturated rings. The number of anilines is 1. The second-order valence-electron chi connectivity index (χ2n) is 5.42. The summed E-state index contributed by atoms with van der Waals surface area (Å²) in [7, 11) is 0. The summed E-state index contributed by atoms with van der Waals surface area (Å²) in [4.78, 5) is 27.9. The fraction of sp³-hybridized carbons (Fsp3) is 0.111. The number of amides is 1. The Kier molecular flexibility index (Phi) is 3.92. The van der Waals surface area contributed by atoms with Gasteiger partial charge in [-0.25, -0.2) is 0 Å². The highest BCUT2D eigenvalue weighted by molar-refractivity contribution is 6.31. The second kappa shape index (κ2) is 5.89. The third kappa shape index (κ3) is 2.85. The first-order valence-corrected chi connectivity index (χ1v) is 7.53. The smallest absolute Gasteiger partial charge is 0.261 e. The normalized spacial score (nSPS) is 10.7. The van der Waals surface area contributed by atoms with Crippen molar-refractivity contribution in [1.82, 2.24) is 4.98 Å². The number of carbonyl (C=O) groups is 1. The monoisotopic (exact) mass is 326 g/mol. The molecule has 1 heterocycles. The number of carbonyl (C=O) groups excluding carboxylic acids is 1. The molecular weight excluding hydrogens is 312 g/mol. The minimum atomic E-state index is -0.443. The van der Waals surface area contributed by atoms with E-state index in [-0.39, 0.29) is 11.0 Å². The molecule has 0 aliphatic heterocycles. The predicted octanol–water partition coefficient (Wildman–Crippen LogP) is 4.05. The topological polar surface area (TPSA) is 62.0 Å². The summed E-state index contributed by atoms with van der Waals surface area (Å²) in [5.41, 5.74) is 3.09. The summed E-state index contributed by atoms with van der Waals surface area (Å²) in [6, 6.07) is 10.6. The predicted molar refractivity (Wildman–Crippen MR) is 93.4 cm³/mol. The molecule has 0 saturated carbocycles. The Labute approximate surface area is 138 Å². The molecule has 4 nitrogen and oxygen atoms in total. The van der Waals surface area contributed by atoms with Gasteiger partial charge in [-0.2, -0.15) is 0 Å². The lowest BCUT2D eigenvalue weighted by Gasteiger charge is -2.10. The maximum atomic E-state index is 12.5. The summed E-state index contributed by atoms with van der Waals surface area (Å²) in [5, 5.41) is 3.64. The SMILES string of the molecule is Cc1cccc(NC(=O)c2c[nH]c3ccc(Cl)cc3c2=O)c1C. The van der Waals surface area contributed by atoms with Gasteiger partial charge in [-0.3, -0.25) is 9.59 Å². The van der Waals surface area contributed by atoms with Crippen LogP contribution in [0.25, 0.3) is 10.9 Å². The molecule has 3 aromatic rings. The van der Waals surface area contributed by atoms with Crippen molar-refractivity contribution in [3.63, 3.8) is 0 Å². The molecule has 0 aliphatic carbocycles. The number of hydrogen-bond donors (Lipinski definition) is 2. The van der Waals surface area contributed by atoms with Gasteiger partial charge in [0.05, 0.1) is 0 Å². The van der Waals surface area contributed by atoms with E-state index in [4.69, 9.17) is 11.6 Å². The van der Waals surface area contributed by atoms with Crippen LogP contribution in [0, 0.1) is 13.8 Å². The van der Waals surface area contributed by atoms with E-state index in [1.807, 2.05) is 32.0 Å². The molecule has 0 radical (unpaired) electrons. The van der Waals surface area contributed by atoms with Crippen LogP contribution in [0.2, 0.25) is 5.02 Å². The highest BCUT2D eigenvalue weighted by Crippen LogP contribution is 2.19. The van der Waals surface area contributed by atoms with Crippen LogP contribution in [-0.2, 0) is 0 Å². The molecule has 3 rings (SSSR count). The van der Waals surface area contributed by atoms with Crippen LogP contribution in [-0.4, -0.2) is 10.9 Å². The Morgan fingerprint density at radius 3 is 2.74 bits per heavy atom. The van der Waals surface area contributed by atoms with Gasteiger partial charge in [0, 0.05) is 27.8 Å². The molecule has 2 N–H and O–H groups in total. The van der Waals surface area contributed by atoms with E-state index in [1.165, 1.54) is 6.20 Å². The molecule has 2 aromatic carbocycles. The number of H-pyrrole nitrogens is 1. The van der Waals surface area contributed by atoms with Gasteiger partial charge in [0.1, 0.15) is 5.56 Å². The van der Waals surface area contributed by atoms with Crippen molar-refractivity contribution in [3.05, 3.63) is 74.5 Å². The first-order valence-electron chi connectivity index (χ1n) is 7.16. The van der Waals surface area contributed by atoms with Gasteiger partial charge in [0.25, 0.3) is 5.91 Å².